The third-order valence-electron chi connectivity index (χ3n) is 2.33. The number of rotatable bonds is 3. The third-order valence-corrected chi connectivity index (χ3v) is 2.33. The lowest BCUT2D eigenvalue weighted by Gasteiger charge is -2.04. The van der Waals surface area contributed by atoms with Crippen LogP contribution < -0.4 is 10.5 Å². The molecule has 0 saturated heterocycles. The van der Waals surface area contributed by atoms with Crippen LogP contribution in [0.25, 0.3) is 11.3 Å². The van der Waals surface area contributed by atoms with E-state index in [4.69, 9.17) is 10.5 Å². The van der Waals surface area contributed by atoms with E-state index in [1.165, 1.54) is 25.0 Å². The van der Waals surface area contributed by atoms with Gasteiger partial charge in [-0.1, -0.05) is 0 Å². The van der Waals surface area contributed by atoms with Crippen LogP contribution in [0.4, 0.5) is 4.39 Å². The van der Waals surface area contributed by atoms with Crippen LogP contribution in [0.2, 0.25) is 0 Å². The number of amides is 1. The molecule has 7 nitrogen and oxygen atoms in total. The van der Waals surface area contributed by atoms with Gasteiger partial charge in [-0.2, -0.15) is 10.1 Å². The fourth-order valence-electron chi connectivity index (χ4n) is 1.54. The number of hydrogen-bond acceptors (Lipinski definition) is 5. The summed E-state index contributed by atoms with van der Waals surface area (Å²) in [6.45, 7) is 0. The summed E-state index contributed by atoms with van der Waals surface area (Å²) in [5, 5.41) is 3.86. The van der Waals surface area contributed by atoms with E-state index in [0.29, 0.717) is 0 Å². The Morgan fingerprint density at radius 1 is 1.50 bits per heavy atom. The quantitative estimate of drug-likeness (QED) is 0.836. The van der Waals surface area contributed by atoms with Crippen LogP contribution in [0.1, 0.15) is 10.5 Å². The highest BCUT2D eigenvalue weighted by Crippen LogP contribution is 2.24. The number of methoxy groups -OCH3 is 1. The Morgan fingerprint density at radius 3 is 2.83 bits per heavy atom. The van der Waals surface area contributed by atoms with Gasteiger partial charge in [0.1, 0.15) is 11.4 Å². The molecule has 0 radical (unpaired) electrons. The molecule has 2 aromatic rings. The summed E-state index contributed by atoms with van der Waals surface area (Å²) in [7, 11) is 2.88. The molecule has 0 saturated carbocycles. The number of nitrogens with zero attached hydrogens (tertiary/aromatic N) is 4. The van der Waals surface area contributed by atoms with Crippen molar-refractivity contribution >= 4 is 5.91 Å². The van der Waals surface area contributed by atoms with E-state index in [0.717, 1.165) is 6.20 Å². The summed E-state index contributed by atoms with van der Waals surface area (Å²) < 4.78 is 19.7. The number of hydrogen-bond donors (Lipinski definition) is 1. The minimum absolute atomic E-state index is 0.00864. The zero-order chi connectivity index (χ0) is 13.3. The molecule has 18 heavy (non-hydrogen) atoms. The Balaban J connectivity index is 2.65. The average Bonchev–Trinajstić information content (AvgIpc) is 2.72. The second-order valence-electron chi connectivity index (χ2n) is 3.45. The van der Waals surface area contributed by atoms with Crippen molar-refractivity contribution in [1.82, 2.24) is 19.7 Å². The maximum atomic E-state index is 13.7. The molecule has 2 aromatic heterocycles. The van der Waals surface area contributed by atoms with Crippen LogP contribution in [-0.4, -0.2) is 32.8 Å². The predicted molar refractivity (Wildman–Crippen MR) is 59.3 cm³/mol. The first-order valence-electron chi connectivity index (χ1n) is 4.93. The van der Waals surface area contributed by atoms with E-state index in [9.17, 15) is 9.18 Å². The van der Waals surface area contributed by atoms with Crippen molar-refractivity contribution in [2.45, 2.75) is 0 Å². The van der Waals surface area contributed by atoms with Gasteiger partial charge < -0.3 is 10.5 Å². The summed E-state index contributed by atoms with van der Waals surface area (Å²) in [5.74, 6) is -1.41. The van der Waals surface area contributed by atoms with Gasteiger partial charge in [0.05, 0.1) is 25.1 Å². The number of carbonyl (C=O) groups excluding carboxylic acids is 1. The maximum absolute atomic E-state index is 13.7. The van der Waals surface area contributed by atoms with Crippen LogP contribution >= 0.6 is 0 Å². The topological polar surface area (TPSA) is 95.9 Å². The highest BCUT2D eigenvalue weighted by molar-refractivity contribution is 5.97. The van der Waals surface area contributed by atoms with Crippen molar-refractivity contribution < 1.29 is 13.9 Å². The van der Waals surface area contributed by atoms with E-state index in [1.54, 1.807) is 0 Å². The summed E-state index contributed by atoms with van der Waals surface area (Å²) in [6, 6.07) is -0.00864. The first kappa shape index (κ1) is 12.0. The van der Waals surface area contributed by atoms with E-state index < -0.39 is 11.7 Å². The molecule has 2 N–H and O–H groups in total. The van der Waals surface area contributed by atoms with Crippen molar-refractivity contribution in [2.75, 3.05) is 7.11 Å². The molecule has 2 heterocycles. The van der Waals surface area contributed by atoms with Crippen LogP contribution in [0.15, 0.2) is 12.4 Å². The van der Waals surface area contributed by atoms with Gasteiger partial charge in [-0.05, 0) is 0 Å². The number of aryl methyl sites for hydroxylation is 1. The minimum Gasteiger partial charge on any atom is -0.467 e. The summed E-state index contributed by atoms with van der Waals surface area (Å²) >= 11 is 0. The molecule has 2 rings (SSSR count). The van der Waals surface area contributed by atoms with E-state index in [2.05, 4.69) is 15.1 Å². The Hall–Kier alpha value is -2.51. The Labute approximate surface area is 101 Å². The molecule has 0 aromatic carbocycles. The number of aromatic nitrogens is 4. The lowest BCUT2D eigenvalue weighted by Crippen LogP contribution is -2.17. The summed E-state index contributed by atoms with van der Waals surface area (Å²) in [6.07, 6.45) is 2.27. The van der Waals surface area contributed by atoms with Gasteiger partial charge in [0.2, 0.25) is 0 Å². The summed E-state index contributed by atoms with van der Waals surface area (Å²) in [4.78, 5) is 18.8. The molecule has 0 aliphatic heterocycles. The van der Waals surface area contributed by atoms with Crippen LogP contribution in [-0.2, 0) is 7.05 Å². The van der Waals surface area contributed by atoms with E-state index >= 15 is 0 Å². The molecule has 0 bridgehead atoms. The van der Waals surface area contributed by atoms with Gasteiger partial charge in [0.25, 0.3) is 5.91 Å². The highest BCUT2D eigenvalue weighted by atomic mass is 19.1. The fraction of sp³-hybridized carbons (Fsp3) is 0.200. The number of ether oxygens (including phenoxy) is 1. The molecular weight excluding hydrogens is 241 g/mol. The largest absolute Gasteiger partial charge is 0.467 e. The monoisotopic (exact) mass is 251 g/mol. The van der Waals surface area contributed by atoms with Crippen molar-refractivity contribution in [2.24, 2.45) is 12.8 Å². The first-order chi connectivity index (χ1) is 8.54. The third kappa shape index (κ3) is 1.88. The molecule has 0 fully saturated rings. The molecule has 0 aliphatic rings. The van der Waals surface area contributed by atoms with Gasteiger partial charge in [0, 0.05) is 7.05 Å². The number of nitrogens with two attached hydrogens (primary N) is 1. The SMILES string of the molecule is COc1ncc(F)c(-c2cnn(C)c2C(N)=O)n1. The highest BCUT2D eigenvalue weighted by Gasteiger charge is 2.20. The zero-order valence-corrected chi connectivity index (χ0v) is 9.72. The predicted octanol–water partition coefficient (Wildman–Crippen LogP) is 0.124. The lowest BCUT2D eigenvalue weighted by atomic mass is 10.1. The van der Waals surface area contributed by atoms with Crippen molar-refractivity contribution in [3.8, 4) is 17.3 Å². The van der Waals surface area contributed by atoms with Gasteiger partial charge in [-0.3, -0.25) is 9.48 Å². The van der Waals surface area contributed by atoms with Crippen LogP contribution in [0.3, 0.4) is 0 Å². The van der Waals surface area contributed by atoms with Gasteiger partial charge in [-0.15, -0.1) is 0 Å². The van der Waals surface area contributed by atoms with Crippen molar-refractivity contribution in [1.29, 1.82) is 0 Å². The van der Waals surface area contributed by atoms with Gasteiger partial charge in [-0.25, -0.2) is 9.37 Å². The molecule has 8 heteroatoms. The van der Waals surface area contributed by atoms with E-state index in [1.807, 2.05) is 0 Å². The van der Waals surface area contributed by atoms with Gasteiger partial charge in [0.15, 0.2) is 5.82 Å². The Kier molecular flexibility index (Phi) is 2.92. The second-order valence-corrected chi connectivity index (χ2v) is 3.45. The van der Waals surface area contributed by atoms with Crippen molar-refractivity contribution in [3.05, 3.63) is 23.9 Å². The van der Waals surface area contributed by atoms with Crippen LogP contribution in [0, 0.1) is 5.82 Å². The summed E-state index contributed by atoms with van der Waals surface area (Å²) in [5.41, 5.74) is 5.40. The molecule has 0 atom stereocenters. The Morgan fingerprint density at radius 2 is 2.22 bits per heavy atom. The van der Waals surface area contributed by atoms with E-state index in [-0.39, 0.29) is 23.0 Å². The number of halogens is 1. The molecule has 1 amide bonds. The molecule has 0 spiro atoms. The minimum atomic E-state index is -0.720. The fourth-order valence-corrected chi connectivity index (χ4v) is 1.54. The molecular formula is C10H10FN5O2. The first-order valence-corrected chi connectivity index (χ1v) is 4.93. The molecule has 0 aliphatic carbocycles. The van der Waals surface area contributed by atoms with Gasteiger partial charge >= 0.3 is 6.01 Å². The second kappa shape index (κ2) is 4.40. The number of carbonyl (C=O) groups is 1. The number of primary amides is 1. The van der Waals surface area contributed by atoms with Crippen LogP contribution in [0.5, 0.6) is 6.01 Å². The smallest absolute Gasteiger partial charge is 0.316 e. The molecule has 94 valence electrons. The molecule has 0 unspecified atom stereocenters. The normalized spacial score (nSPS) is 10.4. The average molecular weight is 251 g/mol. The lowest BCUT2D eigenvalue weighted by molar-refractivity contribution is 0.0992. The zero-order valence-electron chi connectivity index (χ0n) is 9.72. The standard InChI is InChI=1S/C10H10FN5O2/c1-16-8(9(12)17)5(3-14-16)7-6(11)4-13-10(15-7)18-2/h3-4H,1-2H3,(H2,12,17). The van der Waals surface area contributed by atoms with Crippen molar-refractivity contribution in [3.63, 3.8) is 0 Å². The Bertz CT molecular complexity index is 610. The maximum Gasteiger partial charge on any atom is 0.316 e.